The molecule has 8 atom stereocenters. The van der Waals surface area contributed by atoms with Crippen molar-refractivity contribution in [3.63, 3.8) is 0 Å². The molecule has 1 aromatic heterocycles. The summed E-state index contributed by atoms with van der Waals surface area (Å²) in [6, 6.07) is 11.3. The van der Waals surface area contributed by atoms with Crippen molar-refractivity contribution in [1.82, 2.24) is 19.4 Å². The zero-order valence-corrected chi connectivity index (χ0v) is 23.9. The molecule has 7 rings (SSSR count). The van der Waals surface area contributed by atoms with Crippen molar-refractivity contribution in [2.24, 2.45) is 17.8 Å². The van der Waals surface area contributed by atoms with Gasteiger partial charge in [0.15, 0.2) is 0 Å². The van der Waals surface area contributed by atoms with Crippen LogP contribution in [0.3, 0.4) is 0 Å². The molecular weight excluding hydrogens is 484 g/mol. The molecule has 4 heterocycles. The molecule has 2 aromatic rings. The van der Waals surface area contributed by atoms with Crippen LogP contribution in [0.2, 0.25) is 0 Å². The van der Waals surface area contributed by atoms with E-state index in [0.717, 1.165) is 60.9 Å². The number of hydrogen-bond acceptors (Lipinski definition) is 4. The molecule has 5 fully saturated rings. The normalized spacial score (nSPS) is 38.0. The van der Waals surface area contributed by atoms with Crippen molar-refractivity contribution in [2.45, 2.75) is 127 Å². The van der Waals surface area contributed by atoms with E-state index < -0.39 is 5.97 Å². The predicted octanol–water partition coefficient (Wildman–Crippen LogP) is 6.81. The van der Waals surface area contributed by atoms with Crippen LogP contribution in [0.25, 0.3) is 11.0 Å². The van der Waals surface area contributed by atoms with Gasteiger partial charge in [-0.3, -0.25) is 14.6 Å². The van der Waals surface area contributed by atoms with Crippen molar-refractivity contribution in [2.75, 3.05) is 13.1 Å². The van der Waals surface area contributed by atoms with Crippen LogP contribution in [0.5, 0.6) is 0 Å². The van der Waals surface area contributed by atoms with Gasteiger partial charge in [-0.2, -0.15) is 0 Å². The summed E-state index contributed by atoms with van der Waals surface area (Å²) in [5.74, 6) is 3.06. The molecule has 3 aliphatic heterocycles. The Morgan fingerprint density at radius 3 is 2.44 bits per heavy atom. The molecule has 2 aliphatic carbocycles. The number of carboxylic acids is 1. The molecular formula is C33H48N4O2. The lowest BCUT2D eigenvalue weighted by Crippen LogP contribution is -2.60. The van der Waals surface area contributed by atoms with Crippen LogP contribution in [-0.2, 0) is 4.79 Å². The quantitative estimate of drug-likeness (QED) is 0.458. The van der Waals surface area contributed by atoms with E-state index in [1.54, 1.807) is 0 Å². The van der Waals surface area contributed by atoms with Crippen molar-refractivity contribution >= 4 is 17.0 Å². The third kappa shape index (κ3) is 4.94. The van der Waals surface area contributed by atoms with Crippen LogP contribution < -0.4 is 0 Å². The molecule has 1 N–H and O–H groups in total. The summed E-state index contributed by atoms with van der Waals surface area (Å²) in [4.78, 5) is 22.3. The fourth-order valence-electron chi connectivity index (χ4n) is 9.86. The Morgan fingerprint density at radius 2 is 1.64 bits per heavy atom. The number of aliphatic carboxylic acids is 1. The van der Waals surface area contributed by atoms with Crippen LogP contribution in [-0.4, -0.2) is 61.6 Å². The molecule has 1 aromatic carbocycles. The van der Waals surface area contributed by atoms with Crippen LogP contribution >= 0.6 is 0 Å². The van der Waals surface area contributed by atoms with Crippen molar-refractivity contribution in [1.29, 1.82) is 0 Å². The maximum absolute atomic E-state index is 11.8. The number of piperidine rings is 3. The second-order valence-corrected chi connectivity index (χ2v) is 13.9. The van der Waals surface area contributed by atoms with E-state index in [0.29, 0.717) is 18.1 Å². The zero-order valence-electron chi connectivity index (χ0n) is 23.9. The van der Waals surface area contributed by atoms with Gasteiger partial charge in [0.25, 0.3) is 0 Å². The summed E-state index contributed by atoms with van der Waals surface area (Å²) in [7, 11) is 0. The second-order valence-electron chi connectivity index (χ2n) is 13.9. The fraction of sp³-hybridized carbons (Fsp3) is 0.758. The first-order chi connectivity index (χ1) is 19.0. The minimum Gasteiger partial charge on any atom is -0.480 e. The Bertz CT molecular complexity index is 1160. The minimum absolute atomic E-state index is 0.0963. The lowest BCUT2D eigenvalue weighted by molar-refractivity contribution is -0.139. The highest BCUT2D eigenvalue weighted by atomic mass is 16.4. The number of nitrogens with zero attached hydrogens (tertiary/aromatic N) is 4. The number of fused-ring (bicyclic) bond motifs is 5. The average molecular weight is 533 g/mol. The lowest BCUT2D eigenvalue weighted by Gasteiger charge is -2.57. The Labute approximate surface area is 234 Å². The molecule has 5 aliphatic rings. The molecule has 39 heavy (non-hydrogen) atoms. The summed E-state index contributed by atoms with van der Waals surface area (Å²) in [5, 5.41) is 9.68. The van der Waals surface area contributed by atoms with E-state index in [1.807, 2.05) is 0 Å². The van der Waals surface area contributed by atoms with Crippen LogP contribution in [0.1, 0.15) is 115 Å². The van der Waals surface area contributed by atoms with E-state index in [2.05, 4.69) is 45.6 Å². The SMILES string of the molecule is C[C@@H]1CC[C@H]2C[C@@H](n3c([C@@H]4CCCCN4CC(=O)O)nc4ccccc43)C[C@@H]1N2[C@@H]1C[C@@H]2CCCC[C@@H](C2)C1. The Kier molecular flexibility index (Phi) is 7.21. The van der Waals surface area contributed by atoms with Gasteiger partial charge in [-0.25, -0.2) is 4.98 Å². The molecule has 0 spiro atoms. The number of para-hydroxylation sites is 2. The fourth-order valence-corrected chi connectivity index (χ4v) is 9.86. The Balaban J connectivity index is 1.22. The molecule has 0 radical (unpaired) electrons. The number of imidazole rings is 1. The zero-order chi connectivity index (χ0) is 26.5. The Morgan fingerprint density at radius 1 is 0.872 bits per heavy atom. The third-order valence-electron chi connectivity index (χ3n) is 11.5. The molecule has 3 saturated heterocycles. The van der Waals surface area contributed by atoms with Crippen LogP contribution in [0, 0.1) is 17.8 Å². The summed E-state index contributed by atoms with van der Waals surface area (Å²) in [6.45, 7) is 3.48. The van der Waals surface area contributed by atoms with E-state index >= 15 is 0 Å². The first-order valence-corrected chi connectivity index (χ1v) is 16.2. The van der Waals surface area contributed by atoms with E-state index in [4.69, 9.17) is 4.98 Å². The monoisotopic (exact) mass is 532 g/mol. The molecule has 0 amide bonds. The number of rotatable bonds is 5. The summed E-state index contributed by atoms with van der Waals surface area (Å²) in [5.41, 5.74) is 2.33. The van der Waals surface area contributed by atoms with Gasteiger partial charge in [0.2, 0.25) is 0 Å². The van der Waals surface area contributed by atoms with Gasteiger partial charge in [-0.05, 0) is 94.2 Å². The minimum atomic E-state index is -0.728. The first-order valence-electron chi connectivity index (χ1n) is 16.2. The van der Waals surface area contributed by atoms with Crippen LogP contribution in [0.15, 0.2) is 24.3 Å². The number of hydrogen-bond donors (Lipinski definition) is 1. The van der Waals surface area contributed by atoms with E-state index in [-0.39, 0.29) is 12.6 Å². The predicted molar refractivity (Wildman–Crippen MR) is 155 cm³/mol. The second kappa shape index (κ2) is 10.8. The number of aromatic nitrogens is 2. The number of carbonyl (C=O) groups is 1. The number of benzene rings is 1. The van der Waals surface area contributed by atoms with Gasteiger partial charge in [0, 0.05) is 24.2 Å². The highest BCUT2D eigenvalue weighted by molar-refractivity contribution is 5.76. The van der Waals surface area contributed by atoms with Gasteiger partial charge in [0.05, 0.1) is 23.6 Å². The van der Waals surface area contributed by atoms with Gasteiger partial charge in [-0.1, -0.05) is 51.2 Å². The lowest BCUT2D eigenvalue weighted by atomic mass is 9.71. The van der Waals surface area contributed by atoms with E-state index in [1.165, 1.54) is 76.1 Å². The Hall–Kier alpha value is -1.92. The molecule has 6 heteroatoms. The highest BCUT2D eigenvalue weighted by Crippen LogP contribution is 2.49. The van der Waals surface area contributed by atoms with Crippen molar-refractivity contribution in [3.05, 3.63) is 30.1 Å². The molecule has 0 unspecified atom stereocenters. The molecule has 6 nitrogen and oxygen atoms in total. The summed E-state index contributed by atoms with van der Waals surface area (Å²) >= 11 is 0. The summed E-state index contributed by atoms with van der Waals surface area (Å²) < 4.78 is 2.61. The van der Waals surface area contributed by atoms with Gasteiger partial charge >= 0.3 is 5.97 Å². The van der Waals surface area contributed by atoms with Crippen LogP contribution in [0.4, 0.5) is 0 Å². The molecule has 2 saturated carbocycles. The third-order valence-corrected chi connectivity index (χ3v) is 11.5. The topological polar surface area (TPSA) is 61.6 Å². The standard InChI is InChI=1S/C33H48N4O2/c1-22-13-14-25-19-27(20-31(22)36(25)26-17-23-8-2-3-9-24(16-23)18-26)37-29-11-5-4-10-28(29)34-33(37)30-12-6-7-15-35(30)21-32(38)39/h4-5,10-11,22-27,30-31H,2-3,6-9,12-21H2,1H3,(H,38,39)/t22-,23-,24+,25+,26-,27-,30+,31+/m1/s1. The number of likely N-dealkylation sites (tertiary alicyclic amines) is 1. The summed E-state index contributed by atoms with van der Waals surface area (Å²) in [6.07, 6.45) is 18.6. The smallest absolute Gasteiger partial charge is 0.317 e. The van der Waals surface area contributed by atoms with Gasteiger partial charge in [-0.15, -0.1) is 0 Å². The highest BCUT2D eigenvalue weighted by Gasteiger charge is 2.48. The van der Waals surface area contributed by atoms with Crippen molar-refractivity contribution in [3.8, 4) is 0 Å². The average Bonchev–Trinajstić information content (AvgIpc) is 3.23. The van der Waals surface area contributed by atoms with Gasteiger partial charge < -0.3 is 9.67 Å². The molecule has 4 bridgehead atoms. The first kappa shape index (κ1) is 26.0. The largest absolute Gasteiger partial charge is 0.480 e. The van der Waals surface area contributed by atoms with Gasteiger partial charge in [0.1, 0.15) is 5.82 Å². The maximum Gasteiger partial charge on any atom is 0.317 e. The number of carboxylic acid groups (broad SMARTS) is 1. The van der Waals surface area contributed by atoms with Crippen molar-refractivity contribution < 1.29 is 9.90 Å². The molecule has 212 valence electrons. The van der Waals surface area contributed by atoms with E-state index in [9.17, 15) is 9.90 Å². The maximum atomic E-state index is 11.8.